The molecule has 0 N–H and O–H groups in total. The van der Waals surface area contributed by atoms with Crippen molar-refractivity contribution in [3.05, 3.63) is 16.2 Å². The van der Waals surface area contributed by atoms with E-state index in [2.05, 4.69) is 18.9 Å². The molecule has 26 heteroatoms. The molecule has 1 aromatic carbocycles. The summed E-state index contributed by atoms with van der Waals surface area (Å²) in [6, 6.07) is -1.29. The van der Waals surface area contributed by atoms with Crippen LogP contribution in [-0.2, 0) is 4.79 Å². The van der Waals surface area contributed by atoms with E-state index in [-0.39, 0.29) is 0 Å². The molecule has 0 heterocycles. The third-order valence-electron chi connectivity index (χ3n) is 3.45. The predicted molar refractivity (Wildman–Crippen MR) is 79.7 cm³/mol. The Bertz CT molecular complexity index is 1130. The Morgan fingerprint density at radius 3 is 1.27 bits per heavy atom. The van der Waals surface area contributed by atoms with Crippen LogP contribution in [0, 0.1) is 10.1 Å². The Balaban J connectivity index is 4.36. The van der Waals surface area contributed by atoms with Crippen molar-refractivity contribution in [3.63, 3.8) is 0 Å². The first-order valence-electron chi connectivity index (χ1n) is 8.40. The van der Waals surface area contributed by atoms with Crippen LogP contribution in [0.25, 0.3) is 0 Å². The third kappa shape index (κ3) is 7.24. The Morgan fingerprint density at radius 1 is 0.600 bits per heavy atom. The van der Waals surface area contributed by atoms with Crippen LogP contribution in [0.1, 0.15) is 0 Å². The summed E-state index contributed by atoms with van der Waals surface area (Å²) in [5.41, 5.74) is -3.00. The van der Waals surface area contributed by atoms with Crippen molar-refractivity contribution in [2.45, 2.75) is 43.0 Å². The molecule has 0 bridgehead atoms. The van der Waals surface area contributed by atoms with Gasteiger partial charge in [0.25, 0.3) is 0 Å². The minimum Gasteiger partial charge on any atom is -0.421 e. The summed E-state index contributed by atoms with van der Waals surface area (Å²) >= 11 is 0. The molecule has 0 aromatic heterocycles. The lowest BCUT2D eigenvalue weighted by Crippen LogP contribution is -2.44. The molecule has 1 rings (SSSR count). The van der Waals surface area contributed by atoms with Gasteiger partial charge in [-0.1, -0.05) is 0 Å². The van der Waals surface area contributed by atoms with Gasteiger partial charge in [0, 0.05) is 0 Å². The summed E-state index contributed by atoms with van der Waals surface area (Å²) in [4.78, 5) is 19.6. The van der Waals surface area contributed by atoms with Crippen molar-refractivity contribution >= 4 is 11.7 Å². The van der Waals surface area contributed by atoms with Crippen molar-refractivity contribution in [1.82, 2.24) is 0 Å². The fourth-order valence-electron chi connectivity index (χ4n) is 1.80. The molecule has 0 aliphatic heterocycles. The van der Waals surface area contributed by atoms with Gasteiger partial charge in [0.2, 0.25) is 17.2 Å². The summed E-state index contributed by atoms with van der Waals surface area (Å²) < 4.78 is 242. The number of rotatable bonds is 8. The SMILES string of the molecule is O=C(Oc1c(OC(F)(F)C(F)(F)F)cc([N+](=O)[O-])c(OC(F)(F)C(F)(F)F)c1OC(F)(F)C(F)(F)F)C(F)(F)F. The van der Waals surface area contributed by atoms with Gasteiger partial charge >= 0.3 is 54.7 Å². The Morgan fingerprint density at radius 2 is 0.950 bits per heavy atom. The number of nitro groups is 1. The molecule has 0 unspecified atom stereocenters. The fourth-order valence-corrected chi connectivity index (χ4v) is 1.80. The molecule has 0 fully saturated rings. The van der Waals surface area contributed by atoms with E-state index in [9.17, 15) is 93.9 Å². The monoisotopic (exact) mass is 637 g/mol. The Kier molecular flexibility index (Phi) is 8.57. The quantitative estimate of drug-likeness (QED) is 0.103. The van der Waals surface area contributed by atoms with Gasteiger partial charge in [-0.15, -0.1) is 0 Å². The van der Waals surface area contributed by atoms with Crippen LogP contribution in [0.5, 0.6) is 23.0 Å². The van der Waals surface area contributed by atoms with E-state index in [1.54, 1.807) is 0 Å². The van der Waals surface area contributed by atoms with Gasteiger partial charge in [-0.2, -0.15) is 79.0 Å². The Labute approximate surface area is 203 Å². The summed E-state index contributed by atoms with van der Waals surface area (Å²) in [5, 5.41) is 11.1. The maximum absolute atomic E-state index is 13.5. The molecule has 40 heavy (non-hydrogen) atoms. The van der Waals surface area contributed by atoms with Crippen molar-refractivity contribution < 1.29 is 108 Å². The van der Waals surface area contributed by atoms with Crippen LogP contribution in [0.4, 0.5) is 84.7 Å². The molecule has 0 aliphatic carbocycles. The lowest BCUT2D eigenvalue weighted by Gasteiger charge is -2.27. The second-order valence-corrected chi connectivity index (χ2v) is 6.38. The highest BCUT2D eigenvalue weighted by atomic mass is 19.4. The van der Waals surface area contributed by atoms with Crippen molar-refractivity contribution in [3.8, 4) is 23.0 Å². The van der Waals surface area contributed by atoms with E-state index >= 15 is 0 Å². The number of nitro benzene ring substituents is 1. The average molecular weight is 637 g/mol. The number of carbonyl (C=O) groups excluding carboxylic acids is 1. The highest BCUT2D eigenvalue weighted by molar-refractivity contribution is 5.81. The second kappa shape index (κ2) is 10.0. The van der Waals surface area contributed by atoms with Crippen LogP contribution in [0.15, 0.2) is 6.07 Å². The zero-order valence-corrected chi connectivity index (χ0v) is 17.2. The van der Waals surface area contributed by atoms with Crippen LogP contribution in [0.3, 0.4) is 0 Å². The highest BCUT2D eigenvalue weighted by Gasteiger charge is 2.66. The van der Waals surface area contributed by atoms with E-state index in [0.717, 1.165) is 0 Å². The molecule has 0 saturated carbocycles. The number of halogens is 18. The van der Waals surface area contributed by atoms with Crippen LogP contribution in [-0.4, -0.2) is 53.9 Å². The fraction of sp³-hybridized carbons (Fsp3) is 0.500. The topological polar surface area (TPSA) is 97.1 Å². The zero-order valence-electron chi connectivity index (χ0n) is 17.2. The molecular weight excluding hydrogens is 636 g/mol. The minimum atomic E-state index is -7.20. The molecule has 0 radical (unpaired) electrons. The van der Waals surface area contributed by atoms with Gasteiger partial charge in [-0.25, -0.2) is 4.79 Å². The van der Waals surface area contributed by atoms with E-state index < -0.39 is 88.7 Å². The molecule has 0 saturated heterocycles. The van der Waals surface area contributed by atoms with Gasteiger partial charge in [-0.05, 0) is 0 Å². The number of alkyl halides is 18. The van der Waals surface area contributed by atoms with Gasteiger partial charge in [0.1, 0.15) is 0 Å². The largest absolute Gasteiger partial charge is 0.499 e. The molecular formula is C14HF18NO7. The standard InChI is InChI=1S/C14HF18NO7/c15-8(16,17)7(34)37-5-3(38-12(27,28)9(18,19)20)1-2(33(35)36)4(39-13(29,30)10(21,22)23)6(5)40-14(31,32)11(24,25)26/h1H. The van der Waals surface area contributed by atoms with Gasteiger partial charge < -0.3 is 18.9 Å². The number of nitrogens with zero attached hydrogens (tertiary/aromatic N) is 1. The summed E-state index contributed by atoms with van der Waals surface area (Å²) in [7, 11) is 0. The molecule has 1 aromatic rings. The van der Waals surface area contributed by atoms with Crippen LogP contribution < -0.4 is 18.9 Å². The average Bonchev–Trinajstić information content (AvgIpc) is 2.67. The van der Waals surface area contributed by atoms with E-state index in [1.807, 2.05) is 0 Å². The molecule has 230 valence electrons. The van der Waals surface area contributed by atoms with E-state index in [4.69, 9.17) is 0 Å². The van der Waals surface area contributed by atoms with Crippen LogP contribution >= 0.6 is 0 Å². The molecule has 8 nitrogen and oxygen atoms in total. The number of esters is 1. The van der Waals surface area contributed by atoms with E-state index in [1.165, 1.54) is 0 Å². The highest BCUT2D eigenvalue weighted by Crippen LogP contribution is 2.56. The third-order valence-corrected chi connectivity index (χ3v) is 3.45. The normalized spacial score (nSPS) is 14.1. The summed E-state index contributed by atoms with van der Waals surface area (Å²) in [6.07, 6.45) is -48.7. The lowest BCUT2D eigenvalue weighted by atomic mass is 10.2. The van der Waals surface area contributed by atoms with Crippen molar-refractivity contribution in [2.75, 3.05) is 0 Å². The first-order chi connectivity index (χ1) is 17.4. The second-order valence-electron chi connectivity index (χ2n) is 6.38. The van der Waals surface area contributed by atoms with Crippen molar-refractivity contribution in [1.29, 1.82) is 0 Å². The van der Waals surface area contributed by atoms with E-state index in [0.29, 0.717) is 0 Å². The molecule has 0 atom stereocenters. The lowest BCUT2D eigenvalue weighted by molar-refractivity contribution is -0.395. The number of hydrogen-bond acceptors (Lipinski definition) is 7. The maximum atomic E-state index is 13.5. The number of carbonyl (C=O) groups is 1. The summed E-state index contributed by atoms with van der Waals surface area (Å²) in [5.74, 6) is -17.7. The van der Waals surface area contributed by atoms with Gasteiger partial charge in [-0.3, -0.25) is 10.1 Å². The molecule has 0 amide bonds. The maximum Gasteiger partial charge on any atom is 0.499 e. The van der Waals surface area contributed by atoms with Crippen molar-refractivity contribution in [2.24, 2.45) is 0 Å². The first-order valence-corrected chi connectivity index (χ1v) is 8.40. The van der Waals surface area contributed by atoms with Gasteiger partial charge in [0.05, 0.1) is 11.0 Å². The summed E-state index contributed by atoms with van der Waals surface area (Å²) in [6.45, 7) is 0. The number of ether oxygens (including phenoxy) is 4. The molecule has 0 spiro atoms. The van der Waals surface area contributed by atoms with Gasteiger partial charge in [0.15, 0.2) is 5.75 Å². The first kappa shape index (κ1) is 34.3. The predicted octanol–water partition coefficient (Wildman–Crippen LogP) is 6.66. The zero-order chi connectivity index (χ0) is 32.1. The minimum absolute atomic E-state index is 1.29. The number of benzene rings is 1. The smallest absolute Gasteiger partial charge is 0.421 e. The van der Waals surface area contributed by atoms with Crippen LogP contribution in [0.2, 0.25) is 0 Å². The molecule has 0 aliphatic rings. The Hall–Kier alpha value is -3.77. The number of hydrogen-bond donors (Lipinski definition) is 0.